The van der Waals surface area contributed by atoms with Crippen LogP contribution in [0.3, 0.4) is 0 Å². The van der Waals surface area contributed by atoms with Crippen LogP contribution in [0.25, 0.3) is 10.8 Å². The van der Waals surface area contributed by atoms with Crippen molar-refractivity contribution >= 4 is 40.0 Å². The second-order valence-corrected chi connectivity index (χ2v) is 8.07. The maximum atomic E-state index is 12.3. The lowest BCUT2D eigenvalue weighted by Crippen LogP contribution is -2.17. The Hall–Kier alpha value is -5.13. The molecule has 0 amide bonds. The van der Waals surface area contributed by atoms with Crippen LogP contribution in [0.15, 0.2) is 94.2 Å². The average Bonchev–Trinajstić information content (AvgIpc) is 2.89. The molecular weight excluding hydrogens is 517 g/mol. The molecule has 0 radical (unpaired) electrons. The number of Topliss-reactive ketones (excluding diaryl/α,β-unsaturated/α-hetero) is 1. The zero-order valence-electron chi connectivity index (χ0n) is 20.3. The molecule has 0 saturated carbocycles. The summed E-state index contributed by atoms with van der Waals surface area (Å²) in [4.78, 5) is 21.6. The number of rotatable bonds is 10. The number of carbonyl (C=O) groups is 1. The summed E-state index contributed by atoms with van der Waals surface area (Å²) >= 11 is 0. The molecule has 0 heterocycles. The summed E-state index contributed by atoms with van der Waals surface area (Å²) in [6.45, 7) is 1.57. The molecule has 2 N–H and O–H groups in total. The number of nitrogens with one attached hydrogen (secondary N) is 1. The van der Waals surface area contributed by atoms with E-state index in [0.29, 0.717) is 16.6 Å². The molecule has 0 spiro atoms. The van der Waals surface area contributed by atoms with Crippen LogP contribution in [0.1, 0.15) is 22.8 Å². The fourth-order valence-corrected chi connectivity index (χ4v) is 3.43. The summed E-state index contributed by atoms with van der Waals surface area (Å²) in [6.07, 6.45) is -3.86. The number of azo groups is 1. The van der Waals surface area contributed by atoms with E-state index in [2.05, 4.69) is 25.6 Å². The van der Waals surface area contributed by atoms with E-state index in [0.717, 1.165) is 29.5 Å². The summed E-state index contributed by atoms with van der Waals surface area (Å²) < 4.78 is 40.8. The van der Waals surface area contributed by atoms with Gasteiger partial charge in [-0.05, 0) is 66.4 Å². The van der Waals surface area contributed by atoms with Crippen molar-refractivity contribution in [3.05, 3.63) is 90.0 Å². The van der Waals surface area contributed by atoms with Gasteiger partial charge in [-0.15, -0.1) is 18.3 Å². The van der Waals surface area contributed by atoms with Crippen LogP contribution in [0.2, 0.25) is 0 Å². The molecule has 0 aliphatic heterocycles. The van der Waals surface area contributed by atoms with Gasteiger partial charge in [0, 0.05) is 17.0 Å². The number of ketones is 1. The van der Waals surface area contributed by atoms with Crippen molar-refractivity contribution in [2.24, 2.45) is 15.4 Å². The molecule has 0 aromatic heterocycles. The molecule has 0 aliphatic rings. The predicted molar refractivity (Wildman–Crippen MR) is 137 cm³/mol. The van der Waals surface area contributed by atoms with Crippen molar-refractivity contribution in [1.29, 1.82) is 0 Å². The number of hydrogen-bond donors (Lipinski definition) is 2. The Labute approximate surface area is 220 Å². The molecule has 4 aromatic carbocycles. The highest BCUT2D eigenvalue weighted by Crippen LogP contribution is 2.36. The maximum absolute atomic E-state index is 12.3. The van der Waals surface area contributed by atoms with E-state index in [1.165, 1.54) is 25.1 Å². The molecule has 4 aromatic rings. The number of halogens is 3. The molecule has 0 aliphatic carbocycles. The Morgan fingerprint density at radius 3 is 2.54 bits per heavy atom. The molecule has 39 heavy (non-hydrogen) atoms. The van der Waals surface area contributed by atoms with E-state index in [1.54, 1.807) is 42.5 Å². The lowest BCUT2D eigenvalue weighted by atomic mass is 10.1. The van der Waals surface area contributed by atoms with Crippen LogP contribution < -0.4 is 10.2 Å². The Morgan fingerprint density at radius 2 is 1.79 bits per heavy atom. The lowest BCUT2D eigenvalue weighted by Gasteiger charge is -2.10. The van der Waals surface area contributed by atoms with E-state index in [-0.39, 0.29) is 29.5 Å². The van der Waals surface area contributed by atoms with Crippen molar-refractivity contribution in [3.8, 4) is 11.5 Å². The fourth-order valence-electron chi connectivity index (χ4n) is 3.43. The zero-order chi connectivity index (χ0) is 27.8. The van der Waals surface area contributed by atoms with Crippen LogP contribution in [0, 0.1) is 0 Å². The molecule has 0 unspecified atom stereocenters. The number of fused-ring (bicyclic) bond motifs is 1. The van der Waals surface area contributed by atoms with Gasteiger partial charge >= 0.3 is 6.36 Å². The Kier molecular flexibility index (Phi) is 8.24. The number of alkyl halides is 3. The van der Waals surface area contributed by atoms with E-state index in [1.807, 2.05) is 6.07 Å². The van der Waals surface area contributed by atoms with Crippen molar-refractivity contribution in [2.75, 3.05) is 5.48 Å². The van der Waals surface area contributed by atoms with Crippen LogP contribution in [0.5, 0.6) is 11.5 Å². The number of nitrogens with zero attached hydrogens (tertiary/aromatic N) is 3. The minimum absolute atomic E-state index is 0.0413. The van der Waals surface area contributed by atoms with Gasteiger partial charge in [0.05, 0.1) is 11.4 Å². The van der Waals surface area contributed by atoms with Crippen molar-refractivity contribution < 1.29 is 37.5 Å². The summed E-state index contributed by atoms with van der Waals surface area (Å²) in [5.41, 5.74) is 4.75. The van der Waals surface area contributed by atoms with Crippen LogP contribution >= 0.6 is 0 Å². The second kappa shape index (κ2) is 11.9. The molecule has 9 nitrogen and oxygen atoms in total. The van der Waals surface area contributed by atoms with Gasteiger partial charge in [-0.2, -0.15) is 5.11 Å². The molecule has 0 saturated heterocycles. The molecule has 0 atom stereocenters. The predicted octanol–water partition coefficient (Wildman–Crippen LogP) is 7.57. The number of phenolic OH excluding ortho intramolecular Hbond substituents is 1. The third-order valence-corrected chi connectivity index (χ3v) is 5.22. The number of hydrogen-bond acceptors (Lipinski definition) is 9. The van der Waals surface area contributed by atoms with Gasteiger partial charge in [0.25, 0.3) is 0 Å². The molecule has 0 bridgehead atoms. The lowest BCUT2D eigenvalue weighted by molar-refractivity contribution is -0.274. The summed E-state index contributed by atoms with van der Waals surface area (Å²) in [5.74, 6) is -0.494. The zero-order valence-corrected chi connectivity index (χ0v) is 20.3. The number of anilines is 1. The first kappa shape index (κ1) is 26.9. The largest absolute Gasteiger partial charge is 0.573 e. The smallest absolute Gasteiger partial charge is 0.506 e. The van der Waals surface area contributed by atoms with E-state index < -0.39 is 12.1 Å². The fraction of sp³-hybridized carbons (Fsp3) is 0.111. The van der Waals surface area contributed by atoms with Crippen LogP contribution in [-0.2, 0) is 16.3 Å². The molecule has 0 fully saturated rings. The first-order valence-electron chi connectivity index (χ1n) is 11.4. The average molecular weight is 538 g/mol. The molecule has 4 rings (SSSR count). The highest BCUT2D eigenvalue weighted by atomic mass is 19.4. The Balaban J connectivity index is 1.34. The first-order chi connectivity index (χ1) is 18.7. The number of benzene rings is 4. The van der Waals surface area contributed by atoms with Gasteiger partial charge in [0.2, 0.25) is 6.40 Å². The second-order valence-electron chi connectivity index (χ2n) is 8.07. The normalized spacial score (nSPS) is 11.7. The van der Waals surface area contributed by atoms with Crippen molar-refractivity contribution in [1.82, 2.24) is 0 Å². The number of carbonyl (C=O) groups excluding carboxylic acids is 1. The minimum Gasteiger partial charge on any atom is -0.506 e. The van der Waals surface area contributed by atoms with E-state index in [4.69, 9.17) is 9.68 Å². The maximum Gasteiger partial charge on any atom is 0.573 e. The Morgan fingerprint density at radius 1 is 1.00 bits per heavy atom. The highest BCUT2D eigenvalue weighted by Gasteiger charge is 2.31. The van der Waals surface area contributed by atoms with Crippen LogP contribution in [0.4, 0.5) is 30.2 Å². The van der Waals surface area contributed by atoms with Gasteiger partial charge in [0.1, 0.15) is 23.8 Å². The number of oxime groups is 1. The standard InChI is InChI=1S/C27H21F3N4O5/c1-17(35)19-6-9-21(10-7-19)32-33-26-24-11-5-18(13-20(24)8-12-25(26)36)15-37-31-16-38-34-22-3-2-4-23(14-22)39-27(28,29)30/h2-14,16,34,36H,15H2,1H3/b31-16+,33-32?. The van der Waals surface area contributed by atoms with Gasteiger partial charge in [-0.3, -0.25) is 4.79 Å². The third-order valence-electron chi connectivity index (χ3n) is 5.22. The quantitative estimate of drug-likeness (QED) is 0.0708. The summed E-state index contributed by atoms with van der Waals surface area (Å²) in [7, 11) is 0. The molecule has 200 valence electrons. The highest BCUT2D eigenvalue weighted by molar-refractivity contribution is 5.96. The van der Waals surface area contributed by atoms with Crippen molar-refractivity contribution in [2.45, 2.75) is 19.9 Å². The summed E-state index contributed by atoms with van der Waals surface area (Å²) in [6, 6.07) is 20.3. The Bertz CT molecular complexity index is 1520. The third kappa shape index (κ3) is 7.68. The summed E-state index contributed by atoms with van der Waals surface area (Å²) in [5, 5.41) is 23.8. The van der Waals surface area contributed by atoms with Gasteiger partial charge in [0.15, 0.2) is 5.78 Å². The van der Waals surface area contributed by atoms with E-state index in [9.17, 15) is 23.1 Å². The SMILES string of the molecule is CC(=O)c1ccc(N=Nc2c(O)ccc3cc(CO/N=C/ONc4cccc(OC(F)(F)F)c4)ccc23)cc1. The topological polar surface area (TPSA) is 114 Å². The minimum atomic E-state index is -4.80. The number of aromatic hydroxyl groups is 1. The van der Waals surface area contributed by atoms with Crippen molar-refractivity contribution in [3.63, 3.8) is 0 Å². The first-order valence-corrected chi connectivity index (χ1v) is 11.4. The van der Waals surface area contributed by atoms with Crippen LogP contribution in [-0.4, -0.2) is 23.7 Å². The number of ether oxygens (including phenoxy) is 1. The number of phenols is 1. The molecule has 12 heteroatoms. The van der Waals surface area contributed by atoms with E-state index >= 15 is 0 Å². The van der Waals surface area contributed by atoms with Gasteiger partial charge < -0.3 is 19.5 Å². The van der Waals surface area contributed by atoms with Gasteiger partial charge in [-0.1, -0.05) is 29.4 Å². The monoisotopic (exact) mass is 538 g/mol. The molecular formula is C27H21F3N4O5. The van der Waals surface area contributed by atoms with Gasteiger partial charge in [-0.25, -0.2) is 5.48 Å².